The highest BCUT2D eigenvalue weighted by Crippen LogP contribution is 2.32. The number of carbonyl (C=O) groups excluding carboxylic acids is 2. The topological polar surface area (TPSA) is 83.1 Å². The van der Waals surface area contributed by atoms with Crippen molar-refractivity contribution in [3.63, 3.8) is 0 Å². The maximum absolute atomic E-state index is 13.0. The maximum Gasteiger partial charge on any atom is 0.339 e. The van der Waals surface area contributed by atoms with Gasteiger partial charge in [-0.2, -0.15) is 0 Å². The molecule has 1 N–H and O–H groups in total. The van der Waals surface area contributed by atoms with Crippen molar-refractivity contribution in [2.45, 2.75) is 6.10 Å². The molecule has 0 fully saturated rings. The molecule has 3 aromatic rings. The molecule has 0 saturated carbocycles. The summed E-state index contributed by atoms with van der Waals surface area (Å²) in [6.45, 7) is 0.860. The Bertz CT molecular complexity index is 1080. The van der Waals surface area contributed by atoms with Gasteiger partial charge in [-0.25, -0.2) is 4.79 Å². The van der Waals surface area contributed by atoms with Crippen LogP contribution in [0.25, 0.3) is 0 Å². The number of methoxy groups -OCH3 is 1. The van der Waals surface area contributed by atoms with E-state index >= 15 is 0 Å². The second-order valence-corrected chi connectivity index (χ2v) is 6.78. The Morgan fingerprint density at radius 1 is 0.903 bits per heavy atom. The molecular weight excluding hydrogens is 398 g/mol. The summed E-state index contributed by atoms with van der Waals surface area (Å²) >= 11 is 0. The van der Waals surface area contributed by atoms with E-state index in [4.69, 9.17) is 18.9 Å². The number of carbonyl (C=O) groups is 2. The molecule has 7 nitrogen and oxygen atoms in total. The first-order valence-corrected chi connectivity index (χ1v) is 9.74. The van der Waals surface area contributed by atoms with Crippen LogP contribution in [0, 0.1) is 0 Å². The van der Waals surface area contributed by atoms with Crippen molar-refractivity contribution in [1.29, 1.82) is 0 Å². The number of rotatable bonds is 6. The van der Waals surface area contributed by atoms with Gasteiger partial charge in [0.2, 0.25) is 6.10 Å². The normalized spacial score (nSPS) is 13.1. The average Bonchev–Trinajstić information content (AvgIpc) is 2.82. The summed E-state index contributed by atoms with van der Waals surface area (Å²) in [5, 5.41) is 2.78. The largest absolute Gasteiger partial charge is 0.497 e. The van der Waals surface area contributed by atoms with Crippen LogP contribution in [0.3, 0.4) is 0 Å². The van der Waals surface area contributed by atoms with Crippen molar-refractivity contribution >= 4 is 17.6 Å². The maximum atomic E-state index is 13.0. The summed E-state index contributed by atoms with van der Waals surface area (Å²) in [7, 11) is 1.54. The molecule has 0 spiro atoms. The molecule has 31 heavy (non-hydrogen) atoms. The molecule has 0 aliphatic carbocycles. The summed E-state index contributed by atoms with van der Waals surface area (Å²) in [4.78, 5) is 25.9. The van der Waals surface area contributed by atoms with E-state index in [9.17, 15) is 9.59 Å². The Balaban J connectivity index is 1.56. The summed E-state index contributed by atoms with van der Waals surface area (Å²) in [5.74, 6) is 0.510. The van der Waals surface area contributed by atoms with Gasteiger partial charge in [0.25, 0.3) is 5.91 Å². The summed E-state index contributed by atoms with van der Waals surface area (Å²) in [6, 6.07) is 20.6. The molecule has 0 aromatic heterocycles. The van der Waals surface area contributed by atoms with Crippen molar-refractivity contribution in [2.75, 3.05) is 25.6 Å². The van der Waals surface area contributed by atoms with Crippen LogP contribution in [0.5, 0.6) is 17.2 Å². The highest BCUT2D eigenvalue weighted by Gasteiger charge is 2.27. The summed E-state index contributed by atoms with van der Waals surface area (Å²) in [6.07, 6.45) is -1.15. The van der Waals surface area contributed by atoms with Crippen LogP contribution in [0.1, 0.15) is 22.0 Å². The molecule has 0 saturated heterocycles. The zero-order chi connectivity index (χ0) is 21.6. The van der Waals surface area contributed by atoms with Crippen LogP contribution in [-0.2, 0) is 9.53 Å². The fourth-order valence-corrected chi connectivity index (χ4v) is 3.15. The summed E-state index contributed by atoms with van der Waals surface area (Å²) < 4.78 is 21.8. The quantitative estimate of drug-likeness (QED) is 0.608. The number of ether oxygens (including phenoxy) is 4. The second kappa shape index (κ2) is 9.21. The van der Waals surface area contributed by atoms with Crippen LogP contribution in [-0.4, -0.2) is 32.2 Å². The van der Waals surface area contributed by atoms with Crippen molar-refractivity contribution < 1.29 is 28.5 Å². The van der Waals surface area contributed by atoms with Gasteiger partial charge < -0.3 is 24.3 Å². The van der Waals surface area contributed by atoms with Crippen LogP contribution in [0.2, 0.25) is 0 Å². The van der Waals surface area contributed by atoms with Gasteiger partial charge in [0.15, 0.2) is 11.5 Å². The minimum absolute atomic E-state index is 0.263. The number of esters is 1. The first-order chi connectivity index (χ1) is 15.1. The lowest BCUT2D eigenvalue weighted by Gasteiger charge is -2.20. The number of hydrogen-bond donors (Lipinski definition) is 1. The molecule has 158 valence electrons. The molecule has 0 radical (unpaired) electrons. The molecule has 1 atom stereocenters. The van der Waals surface area contributed by atoms with E-state index in [0.29, 0.717) is 41.7 Å². The highest BCUT2D eigenvalue weighted by atomic mass is 16.6. The number of nitrogens with one attached hydrogen (secondary N) is 1. The number of fused-ring (bicyclic) bond motifs is 1. The Hall–Kier alpha value is -4.00. The Kier molecular flexibility index (Phi) is 6.03. The molecule has 1 aliphatic rings. The number of hydrogen-bond acceptors (Lipinski definition) is 6. The average molecular weight is 419 g/mol. The number of amides is 1. The predicted molar refractivity (Wildman–Crippen MR) is 114 cm³/mol. The van der Waals surface area contributed by atoms with E-state index in [2.05, 4.69) is 5.32 Å². The zero-order valence-corrected chi connectivity index (χ0v) is 16.9. The lowest BCUT2D eigenvalue weighted by Crippen LogP contribution is -2.26. The zero-order valence-electron chi connectivity index (χ0n) is 16.9. The molecule has 4 rings (SSSR count). The van der Waals surface area contributed by atoms with Crippen molar-refractivity contribution in [2.24, 2.45) is 0 Å². The van der Waals surface area contributed by atoms with E-state index in [1.54, 1.807) is 73.8 Å². The first kappa shape index (κ1) is 20.3. The second-order valence-electron chi connectivity index (χ2n) is 6.78. The van der Waals surface area contributed by atoms with Gasteiger partial charge in [-0.15, -0.1) is 0 Å². The summed E-state index contributed by atoms with van der Waals surface area (Å²) in [5.41, 5.74) is 1.34. The van der Waals surface area contributed by atoms with E-state index in [-0.39, 0.29) is 5.56 Å². The van der Waals surface area contributed by atoms with Gasteiger partial charge in [-0.1, -0.05) is 36.4 Å². The number of benzene rings is 3. The van der Waals surface area contributed by atoms with Gasteiger partial charge in [-0.3, -0.25) is 4.79 Å². The SMILES string of the molecule is COc1cccc(NC(=O)[C@@H](OC(=O)c2ccc3c(c2)OCCO3)c2ccccc2)c1. The van der Waals surface area contributed by atoms with Gasteiger partial charge in [-0.05, 0) is 30.3 Å². The first-order valence-electron chi connectivity index (χ1n) is 9.74. The molecule has 1 heterocycles. The van der Waals surface area contributed by atoms with Gasteiger partial charge in [0.1, 0.15) is 19.0 Å². The third kappa shape index (κ3) is 4.78. The Morgan fingerprint density at radius 2 is 1.68 bits per heavy atom. The van der Waals surface area contributed by atoms with Crippen molar-refractivity contribution in [3.8, 4) is 17.2 Å². The number of anilines is 1. The van der Waals surface area contributed by atoms with Gasteiger partial charge in [0.05, 0.1) is 12.7 Å². The highest BCUT2D eigenvalue weighted by molar-refractivity contribution is 5.98. The molecular formula is C24H21NO6. The standard InChI is InChI=1S/C24H21NO6/c1-28-19-9-5-8-18(15-19)25-23(26)22(16-6-3-2-4-7-16)31-24(27)17-10-11-20-21(14-17)30-13-12-29-20/h2-11,14-15,22H,12-13H2,1H3,(H,25,26)/t22-/m0/s1. The lowest BCUT2D eigenvalue weighted by atomic mass is 10.1. The van der Waals surface area contributed by atoms with E-state index < -0.39 is 18.0 Å². The van der Waals surface area contributed by atoms with E-state index in [1.807, 2.05) is 6.07 Å². The monoisotopic (exact) mass is 419 g/mol. The van der Waals surface area contributed by atoms with E-state index in [1.165, 1.54) is 0 Å². The molecule has 1 aliphatic heterocycles. The van der Waals surface area contributed by atoms with Crippen LogP contribution < -0.4 is 19.5 Å². The van der Waals surface area contributed by atoms with Gasteiger partial charge >= 0.3 is 5.97 Å². The third-order valence-corrected chi connectivity index (χ3v) is 4.68. The van der Waals surface area contributed by atoms with Gasteiger partial charge in [0, 0.05) is 17.3 Å². The molecule has 3 aromatic carbocycles. The Labute approximate surface area is 179 Å². The van der Waals surface area contributed by atoms with Crippen LogP contribution in [0.4, 0.5) is 5.69 Å². The molecule has 1 amide bonds. The minimum atomic E-state index is -1.15. The van der Waals surface area contributed by atoms with Crippen molar-refractivity contribution in [1.82, 2.24) is 0 Å². The predicted octanol–water partition coefficient (Wildman–Crippen LogP) is 4.00. The smallest absolute Gasteiger partial charge is 0.339 e. The molecule has 7 heteroatoms. The van der Waals surface area contributed by atoms with Crippen molar-refractivity contribution in [3.05, 3.63) is 83.9 Å². The molecule has 0 unspecified atom stereocenters. The third-order valence-electron chi connectivity index (χ3n) is 4.68. The van der Waals surface area contributed by atoms with E-state index in [0.717, 1.165) is 0 Å². The lowest BCUT2D eigenvalue weighted by molar-refractivity contribution is -0.125. The Morgan fingerprint density at radius 3 is 2.45 bits per heavy atom. The minimum Gasteiger partial charge on any atom is -0.497 e. The molecule has 0 bridgehead atoms. The van der Waals surface area contributed by atoms with Crippen LogP contribution >= 0.6 is 0 Å². The fourth-order valence-electron chi connectivity index (χ4n) is 3.15. The van der Waals surface area contributed by atoms with Crippen LogP contribution in [0.15, 0.2) is 72.8 Å². The fraction of sp³-hybridized carbons (Fsp3) is 0.167.